The van der Waals surface area contributed by atoms with Gasteiger partial charge >= 0.3 is 5.97 Å². The van der Waals surface area contributed by atoms with E-state index >= 15 is 0 Å². The SMILES string of the molecule is CC(C)(Cc1cccc(Cl)c1)C(=O)NCc1cn(CC(=O)O)nn1. The lowest BCUT2D eigenvalue weighted by Gasteiger charge is -2.23. The highest BCUT2D eigenvalue weighted by Gasteiger charge is 2.28. The highest BCUT2D eigenvalue weighted by Crippen LogP contribution is 2.23. The molecule has 1 amide bonds. The lowest BCUT2D eigenvalue weighted by atomic mass is 9.85. The van der Waals surface area contributed by atoms with Crippen LogP contribution in [0.3, 0.4) is 0 Å². The second-order valence-corrected chi connectivity index (χ2v) is 6.61. The summed E-state index contributed by atoms with van der Waals surface area (Å²) in [5.74, 6) is -1.13. The first-order valence-electron chi connectivity index (χ1n) is 7.40. The Morgan fingerprint density at radius 2 is 2.12 bits per heavy atom. The molecule has 1 aromatic heterocycles. The third-order valence-electron chi connectivity index (χ3n) is 3.46. The summed E-state index contributed by atoms with van der Waals surface area (Å²) in [5, 5.41) is 19.7. The number of carboxylic acids is 1. The van der Waals surface area contributed by atoms with E-state index in [0.717, 1.165) is 5.56 Å². The van der Waals surface area contributed by atoms with Crippen molar-refractivity contribution in [1.29, 1.82) is 0 Å². The average Bonchev–Trinajstić information content (AvgIpc) is 2.91. The minimum absolute atomic E-state index is 0.129. The molecule has 0 radical (unpaired) electrons. The molecule has 0 aliphatic carbocycles. The third kappa shape index (κ3) is 5.06. The molecule has 7 nitrogen and oxygen atoms in total. The number of aromatic nitrogens is 3. The second kappa shape index (κ2) is 7.44. The zero-order chi connectivity index (χ0) is 17.7. The Labute approximate surface area is 144 Å². The summed E-state index contributed by atoms with van der Waals surface area (Å²) in [6.45, 7) is 3.63. The van der Waals surface area contributed by atoms with Gasteiger partial charge in [-0.1, -0.05) is 42.8 Å². The molecular weight excluding hydrogens is 332 g/mol. The topological polar surface area (TPSA) is 97.1 Å². The van der Waals surface area contributed by atoms with Crippen molar-refractivity contribution in [3.63, 3.8) is 0 Å². The number of carbonyl (C=O) groups excluding carboxylic acids is 1. The molecule has 0 saturated heterocycles. The van der Waals surface area contributed by atoms with E-state index < -0.39 is 11.4 Å². The largest absolute Gasteiger partial charge is 0.480 e. The molecule has 0 atom stereocenters. The highest BCUT2D eigenvalue weighted by molar-refractivity contribution is 6.30. The molecule has 0 unspecified atom stereocenters. The van der Waals surface area contributed by atoms with E-state index in [0.29, 0.717) is 17.1 Å². The number of aliphatic carboxylic acids is 1. The first kappa shape index (κ1) is 17.9. The van der Waals surface area contributed by atoms with Crippen LogP contribution in [0.2, 0.25) is 5.02 Å². The number of amides is 1. The van der Waals surface area contributed by atoms with Crippen LogP contribution in [0.5, 0.6) is 0 Å². The van der Waals surface area contributed by atoms with Crippen LogP contribution in [0.4, 0.5) is 0 Å². The summed E-state index contributed by atoms with van der Waals surface area (Å²) >= 11 is 5.97. The number of hydrogen-bond acceptors (Lipinski definition) is 4. The van der Waals surface area contributed by atoms with Crippen LogP contribution >= 0.6 is 11.6 Å². The van der Waals surface area contributed by atoms with Gasteiger partial charge in [-0.15, -0.1) is 5.10 Å². The molecule has 8 heteroatoms. The van der Waals surface area contributed by atoms with Gasteiger partial charge in [0.15, 0.2) is 0 Å². The quantitative estimate of drug-likeness (QED) is 0.794. The maximum Gasteiger partial charge on any atom is 0.325 e. The van der Waals surface area contributed by atoms with Crippen molar-refractivity contribution in [3.05, 3.63) is 46.7 Å². The number of nitrogens with zero attached hydrogens (tertiary/aromatic N) is 3. The maximum atomic E-state index is 12.4. The van der Waals surface area contributed by atoms with E-state index in [1.165, 1.54) is 10.9 Å². The molecule has 128 valence electrons. The van der Waals surface area contributed by atoms with Crippen LogP contribution in [0.15, 0.2) is 30.5 Å². The van der Waals surface area contributed by atoms with Gasteiger partial charge in [-0.2, -0.15) is 0 Å². The minimum Gasteiger partial charge on any atom is -0.480 e. The molecule has 0 fully saturated rings. The van der Waals surface area contributed by atoms with E-state index in [1.807, 2.05) is 32.0 Å². The van der Waals surface area contributed by atoms with E-state index in [1.54, 1.807) is 6.07 Å². The molecule has 2 aromatic rings. The van der Waals surface area contributed by atoms with Crippen molar-refractivity contribution in [2.45, 2.75) is 33.4 Å². The van der Waals surface area contributed by atoms with E-state index in [4.69, 9.17) is 16.7 Å². The Morgan fingerprint density at radius 1 is 1.38 bits per heavy atom. The van der Waals surface area contributed by atoms with E-state index in [2.05, 4.69) is 15.6 Å². The lowest BCUT2D eigenvalue weighted by molar-refractivity contribution is -0.138. The number of carbonyl (C=O) groups is 2. The van der Waals surface area contributed by atoms with Crippen molar-refractivity contribution in [2.75, 3.05) is 0 Å². The first-order valence-corrected chi connectivity index (χ1v) is 7.77. The van der Waals surface area contributed by atoms with Gasteiger partial charge in [-0.05, 0) is 24.1 Å². The zero-order valence-electron chi connectivity index (χ0n) is 13.5. The molecule has 0 saturated carbocycles. The van der Waals surface area contributed by atoms with Crippen molar-refractivity contribution < 1.29 is 14.7 Å². The van der Waals surface area contributed by atoms with Crippen LogP contribution in [0.1, 0.15) is 25.1 Å². The van der Waals surface area contributed by atoms with Gasteiger partial charge in [0.25, 0.3) is 0 Å². The van der Waals surface area contributed by atoms with Crippen molar-refractivity contribution in [3.8, 4) is 0 Å². The lowest BCUT2D eigenvalue weighted by Crippen LogP contribution is -2.38. The molecule has 0 aliphatic heterocycles. The molecule has 0 aliphatic rings. The Balaban J connectivity index is 1.93. The van der Waals surface area contributed by atoms with Crippen LogP contribution in [0, 0.1) is 5.41 Å². The Hall–Kier alpha value is -2.41. The summed E-state index contributed by atoms with van der Waals surface area (Å²) in [6, 6.07) is 7.41. The number of rotatable bonds is 7. The fourth-order valence-electron chi connectivity index (χ4n) is 2.28. The van der Waals surface area contributed by atoms with Gasteiger partial charge in [0.2, 0.25) is 5.91 Å². The van der Waals surface area contributed by atoms with E-state index in [-0.39, 0.29) is 19.0 Å². The Kier molecular flexibility index (Phi) is 5.56. The number of hydrogen-bond donors (Lipinski definition) is 2. The zero-order valence-corrected chi connectivity index (χ0v) is 14.2. The number of carboxylic acid groups (broad SMARTS) is 1. The van der Waals surface area contributed by atoms with Gasteiger partial charge in [-0.3, -0.25) is 9.59 Å². The fourth-order valence-corrected chi connectivity index (χ4v) is 2.50. The minimum atomic E-state index is -1.00. The summed E-state index contributed by atoms with van der Waals surface area (Å²) in [7, 11) is 0. The first-order chi connectivity index (χ1) is 11.3. The average molecular weight is 351 g/mol. The Morgan fingerprint density at radius 3 is 2.79 bits per heavy atom. The van der Waals surface area contributed by atoms with Crippen LogP contribution in [-0.4, -0.2) is 32.0 Å². The molecule has 0 spiro atoms. The molecule has 2 N–H and O–H groups in total. The molecule has 1 heterocycles. The van der Waals surface area contributed by atoms with Gasteiger partial charge in [0, 0.05) is 10.4 Å². The maximum absolute atomic E-state index is 12.4. The Bertz CT molecular complexity index is 742. The van der Waals surface area contributed by atoms with Crippen LogP contribution in [-0.2, 0) is 29.1 Å². The second-order valence-electron chi connectivity index (χ2n) is 6.17. The predicted molar refractivity (Wildman–Crippen MR) is 88.4 cm³/mol. The van der Waals surface area contributed by atoms with Gasteiger partial charge in [-0.25, -0.2) is 4.68 Å². The van der Waals surface area contributed by atoms with Crippen LogP contribution in [0.25, 0.3) is 0 Å². The smallest absolute Gasteiger partial charge is 0.325 e. The normalized spacial score (nSPS) is 11.3. The van der Waals surface area contributed by atoms with Gasteiger partial charge in [0.1, 0.15) is 12.2 Å². The van der Waals surface area contributed by atoms with Crippen molar-refractivity contribution in [2.24, 2.45) is 5.41 Å². The molecule has 24 heavy (non-hydrogen) atoms. The predicted octanol–water partition coefficient (Wildman–Crippen LogP) is 1.90. The number of nitrogens with one attached hydrogen (secondary N) is 1. The fraction of sp³-hybridized carbons (Fsp3) is 0.375. The van der Waals surface area contributed by atoms with E-state index in [9.17, 15) is 9.59 Å². The summed E-state index contributed by atoms with van der Waals surface area (Å²) in [5.41, 5.74) is 0.861. The van der Waals surface area contributed by atoms with Gasteiger partial charge < -0.3 is 10.4 Å². The standard InChI is InChI=1S/C16H19ClN4O3/c1-16(2,7-11-4-3-5-12(17)6-11)15(24)18-8-13-9-21(20-19-13)10-14(22)23/h3-6,9H,7-8,10H2,1-2H3,(H,18,24)(H,22,23). The van der Waals surface area contributed by atoms with Crippen molar-refractivity contribution >= 4 is 23.5 Å². The molecule has 0 bridgehead atoms. The molecule has 1 aromatic carbocycles. The molecule has 2 rings (SSSR count). The number of halogens is 1. The molecular formula is C16H19ClN4O3. The van der Waals surface area contributed by atoms with Gasteiger partial charge in [0.05, 0.1) is 12.7 Å². The number of benzene rings is 1. The third-order valence-corrected chi connectivity index (χ3v) is 3.70. The summed E-state index contributed by atoms with van der Waals surface area (Å²) < 4.78 is 1.21. The summed E-state index contributed by atoms with van der Waals surface area (Å²) in [6.07, 6.45) is 2.05. The highest BCUT2D eigenvalue weighted by atomic mass is 35.5. The monoisotopic (exact) mass is 350 g/mol. The van der Waals surface area contributed by atoms with Crippen LogP contribution < -0.4 is 5.32 Å². The van der Waals surface area contributed by atoms with Crippen molar-refractivity contribution in [1.82, 2.24) is 20.3 Å². The summed E-state index contributed by atoms with van der Waals surface area (Å²) in [4.78, 5) is 23.0.